The van der Waals surface area contributed by atoms with E-state index in [1.165, 1.54) is 4.68 Å². The van der Waals surface area contributed by atoms with Crippen LogP contribution < -0.4 is 10.9 Å². The predicted octanol–water partition coefficient (Wildman–Crippen LogP) is 1.70. The van der Waals surface area contributed by atoms with Crippen LogP contribution in [0.3, 0.4) is 0 Å². The highest BCUT2D eigenvalue weighted by atomic mass is 79.9. The van der Waals surface area contributed by atoms with Crippen LogP contribution in [0, 0.1) is 0 Å². The van der Waals surface area contributed by atoms with Gasteiger partial charge in [0.05, 0.1) is 18.4 Å². The van der Waals surface area contributed by atoms with Crippen LogP contribution in [-0.4, -0.2) is 41.4 Å². The molecule has 2 rings (SSSR count). The summed E-state index contributed by atoms with van der Waals surface area (Å²) < 4.78 is 2.05. The molecule has 1 aromatic heterocycles. The molecular formula is C13H19BrN4O. The summed E-state index contributed by atoms with van der Waals surface area (Å²) in [4.78, 5) is 14.2. The lowest BCUT2D eigenvalue weighted by atomic mass is 10.2. The largest absolute Gasteiger partial charge is 0.379 e. The van der Waals surface area contributed by atoms with E-state index >= 15 is 0 Å². The van der Waals surface area contributed by atoms with Crippen molar-refractivity contribution in [3.05, 3.63) is 33.2 Å². The molecule has 1 aliphatic rings. The highest BCUT2D eigenvalue weighted by Crippen LogP contribution is 2.21. The molecule has 0 amide bonds. The first-order valence-electron chi connectivity index (χ1n) is 6.40. The van der Waals surface area contributed by atoms with E-state index in [1.54, 1.807) is 6.20 Å². The average Bonchev–Trinajstić information content (AvgIpc) is 2.87. The molecule has 0 aromatic carbocycles. The van der Waals surface area contributed by atoms with Gasteiger partial charge in [0.2, 0.25) is 0 Å². The maximum absolute atomic E-state index is 12.2. The molecular weight excluding hydrogens is 308 g/mol. The second-order valence-corrected chi connectivity index (χ2v) is 5.78. The van der Waals surface area contributed by atoms with Gasteiger partial charge < -0.3 is 10.2 Å². The zero-order chi connectivity index (χ0) is 13.8. The lowest BCUT2D eigenvalue weighted by molar-refractivity contribution is 0.367. The van der Waals surface area contributed by atoms with Crippen molar-refractivity contribution in [3.8, 4) is 0 Å². The predicted molar refractivity (Wildman–Crippen MR) is 80.5 cm³/mol. The zero-order valence-corrected chi connectivity index (χ0v) is 12.9. The maximum Gasteiger partial charge on any atom is 0.283 e. The highest BCUT2D eigenvalue weighted by Gasteiger charge is 2.14. The maximum atomic E-state index is 12.2. The third-order valence-corrected chi connectivity index (χ3v) is 3.88. The highest BCUT2D eigenvalue weighted by molar-refractivity contribution is 9.10. The summed E-state index contributed by atoms with van der Waals surface area (Å²) in [7, 11) is 3.95. The topological polar surface area (TPSA) is 50.2 Å². The van der Waals surface area contributed by atoms with Crippen molar-refractivity contribution in [2.24, 2.45) is 0 Å². The monoisotopic (exact) mass is 326 g/mol. The normalized spacial score (nSPS) is 15.4. The molecule has 0 saturated heterocycles. The Labute approximate surface area is 121 Å². The van der Waals surface area contributed by atoms with Crippen LogP contribution in [0.15, 0.2) is 27.6 Å². The van der Waals surface area contributed by atoms with Gasteiger partial charge in [-0.25, -0.2) is 4.68 Å². The Morgan fingerprint density at radius 3 is 2.79 bits per heavy atom. The minimum absolute atomic E-state index is 0.0854. The van der Waals surface area contributed by atoms with E-state index in [2.05, 4.69) is 38.5 Å². The summed E-state index contributed by atoms with van der Waals surface area (Å²) in [6.07, 6.45) is 8.01. The van der Waals surface area contributed by atoms with Crippen molar-refractivity contribution in [1.29, 1.82) is 0 Å². The molecule has 0 fully saturated rings. The van der Waals surface area contributed by atoms with Gasteiger partial charge in [0, 0.05) is 12.6 Å². The molecule has 1 N–H and O–H groups in total. The summed E-state index contributed by atoms with van der Waals surface area (Å²) in [5.74, 6) is 0. The van der Waals surface area contributed by atoms with Gasteiger partial charge in [0.15, 0.2) is 0 Å². The number of anilines is 1. The number of hydrogen-bond donors (Lipinski definition) is 1. The van der Waals surface area contributed by atoms with Crippen molar-refractivity contribution >= 4 is 21.6 Å². The van der Waals surface area contributed by atoms with Gasteiger partial charge in [0.25, 0.3) is 5.56 Å². The molecule has 19 heavy (non-hydrogen) atoms. The fourth-order valence-electron chi connectivity index (χ4n) is 1.97. The number of rotatable bonds is 5. The standard InChI is InChI=1S/C13H19BrN4O/c1-17(2)7-8-18-13(19)12(14)11(9-15-18)16-10-5-3-4-6-10/h3-4,9-10,16H,5-8H2,1-2H3. The van der Waals surface area contributed by atoms with E-state index in [9.17, 15) is 4.79 Å². The molecule has 0 aliphatic heterocycles. The number of halogens is 1. The summed E-state index contributed by atoms with van der Waals surface area (Å²) in [6, 6.07) is 0.370. The molecule has 0 bridgehead atoms. The Morgan fingerprint density at radius 2 is 2.16 bits per heavy atom. The van der Waals surface area contributed by atoms with Gasteiger partial charge in [-0.05, 0) is 42.9 Å². The van der Waals surface area contributed by atoms with Gasteiger partial charge in [-0.3, -0.25) is 4.79 Å². The lowest BCUT2D eigenvalue weighted by Crippen LogP contribution is -2.30. The first-order valence-corrected chi connectivity index (χ1v) is 7.19. The Morgan fingerprint density at radius 1 is 1.47 bits per heavy atom. The van der Waals surface area contributed by atoms with Crippen molar-refractivity contribution in [3.63, 3.8) is 0 Å². The van der Waals surface area contributed by atoms with E-state index < -0.39 is 0 Å². The fourth-order valence-corrected chi connectivity index (χ4v) is 2.40. The molecule has 1 aromatic rings. The van der Waals surface area contributed by atoms with Gasteiger partial charge in [-0.15, -0.1) is 0 Å². The number of nitrogens with zero attached hydrogens (tertiary/aromatic N) is 3. The minimum Gasteiger partial charge on any atom is -0.379 e. The summed E-state index contributed by atoms with van der Waals surface area (Å²) >= 11 is 3.38. The molecule has 0 spiro atoms. The van der Waals surface area contributed by atoms with Gasteiger partial charge >= 0.3 is 0 Å². The quantitative estimate of drug-likeness (QED) is 0.837. The van der Waals surface area contributed by atoms with Crippen molar-refractivity contribution < 1.29 is 0 Å². The molecule has 1 heterocycles. The van der Waals surface area contributed by atoms with Crippen molar-refractivity contribution in [2.75, 3.05) is 26.0 Å². The van der Waals surface area contributed by atoms with E-state index in [0.29, 0.717) is 17.1 Å². The van der Waals surface area contributed by atoms with Crippen LogP contribution in [0.1, 0.15) is 12.8 Å². The Hall–Kier alpha value is -1.14. The van der Waals surface area contributed by atoms with Crippen LogP contribution in [-0.2, 0) is 6.54 Å². The number of hydrogen-bond acceptors (Lipinski definition) is 4. The number of nitrogens with one attached hydrogen (secondary N) is 1. The van der Waals surface area contributed by atoms with Crippen molar-refractivity contribution in [1.82, 2.24) is 14.7 Å². The van der Waals surface area contributed by atoms with E-state index in [4.69, 9.17) is 0 Å². The lowest BCUT2D eigenvalue weighted by Gasteiger charge is -2.16. The molecule has 0 atom stereocenters. The summed E-state index contributed by atoms with van der Waals surface area (Å²) in [6.45, 7) is 1.38. The van der Waals surface area contributed by atoms with Crippen LogP contribution in [0.4, 0.5) is 5.69 Å². The van der Waals surface area contributed by atoms with E-state index in [0.717, 1.165) is 25.1 Å². The van der Waals surface area contributed by atoms with Crippen molar-refractivity contribution in [2.45, 2.75) is 25.4 Å². The van der Waals surface area contributed by atoms with Gasteiger partial charge in [-0.2, -0.15) is 5.10 Å². The van der Waals surface area contributed by atoms with Gasteiger partial charge in [-0.1, -0.05) is 12.2 Å². The number of aromatic nitrogens is 2. The molecule has 0 saturated carbocycles. The van der Waals surface area contributed by atoms with E-state index in [1.807, 2.05) is 19.0 Å². The molecule has 104 valence electrons. The fraction of sp³-hybridized carbons (Fsp3) is 0.538. The number of likely N-dealkylation sites (N-methyl/N-ethyl adjacent to an activating group) is 1. The van der Waals surface area contributed by atoms with Crippen LogP contribution in [0.2, 0.25) is 0 Å². The SMILES string of the molecule is CN(C)CCn1ncc(NC2CC=CC2)c(Br)c1=O. The molecule has 0 radical (unpaired) electrons. The third kappa shape index (κ3) is 3.67. The summed E-state index contributed by atoms with van der Waals surface area (Å²) in [5.41, 5.74) is 0.692. The first kappa shape index (κ1) is 14.3. The Bertz CT molecular complexity index is 516. The van der Waals surface area contributed by atoms with Crippen LogP contribution in [0.25, 0.3) is 0 Å². The molecule has 1 aliphatic carbocycles. The molecule has 0 unspecified atom stereocenters. The molecule has 6 heteroatoms. The smallest absolute Gasteiger partial charge is 0.283 e. The summed E-state index contributed by atoms with van der Waals surface area (Å²) in [5, 5.41) is 7.56. The Balaban J connectivity index is 2.10. The average molecular weight is 327 g/mol. The third-order valence-electron chi connectivity index (χ3n) is 3.11. The minimum atomic E-state index is -0.0854. The van der Waals surface area contributed by atoms with Crippen LogP contribution in [0.5, 0.6) is 0 Å². The Kier molecular flexibility index (Phi) is 4.76. The molecule has 5 nitrogen and oxygen atoms in total. The second-order valence-electron chi connectivity index (χ2n) is 4.99. The first-order chi connectivity index (χ1) is 9.08. The van der Waals surface area contributed by atoms with E-state index in [-0.39, 0.29) is 5.56 Å². The van der Waals surface area contributed by atoms with Crippen LogP contribution >= 0.6 is 15.9 Å². The van der Waals surface area contributed by atoms with Gasteiger partial charge in [0.1, 0.15) is 4.47 Å². The second kappa shape index (κ2) is 6.34. The zero-order valence-electron chi connectivity index (χ0n) is 11.3.